The van der Waals surface area contributed by atoms with Gasteiger partial charge in [0.05, 0.1) is 12.1 Å². The third-order valence-corrected chi connectivity index (χ3v) is 5.54. The zero-order valence-electron chi connectivity index (χ0n) is 13.6. The van der Waals surface area contributed by atoms with Gasteiger partial charge >= 0.3 is 12.1 Å². The van der Waals surface area contributed by atoms with Crippen LogP contribution in [0.15, 0.2) is 0 Å². The predicted molar refractivity (Wildman–Crippen MR) is 82.9 cm³/mol. The highest BCUT2D eigenvalue weighted by Gasteiger charge is 2.50. The number of amides is 3. The first kappa shape index (κ1) is 15.4. The molecule has 3 rings (SSSR count). The fourth-order valence-corrected chi connectivity index (χ4v) is 4.52. The average Bonchev–Trinajstić information content (AvgIpc) is 2.79. The number of nitrogens with zero attached hydrogens (tertiary/aromatic N) is 3. The number of urea groups is 1. The third kappa shape index (κ3) is 2.52. The molecule has 2 saturated heterocycles. The number of likely N-dealkylation sites (tertiary alicyclic amines) is 1. The lowest BCUT2D eigenvalue weighted by atomic mass is 9.88. The van der Waals surface area contributed by atoms with Gasteiger partial charge in [-0.1, -0.05) is 12.8 Å². The second kappa shape index (κ2) is 5.97. The van der Waals surface area contributed by atoms with E-state index in [0.29, 0.717) is 25.2 Å². The molecule has 2 aliphatic heterocycles. The van der Waals surface area contributed by atoms with Crippen LogP contribution in [0.3, 0.4) is 0 Å². The van der Waals surface area contributed by atoms with Crippen molar-refractivity contribution in [3.8, 4) is 0 Å². The summed E-state index contributed by atoms with van der Waals surface area (Å²) in [5.74, 6) is 0. The molecular weight excluding hydrogens is 282 g/mol. The number of carbonyl (C=O) groups excluding carboxylic acids is 1. The number of carboxylic acid groups (broad SMARTS) is 1. The molecule has 0 spiro atoms. The van der Waals surface area contributed by atoms with Crippen molar-refractivity contribution in [1.29, 1.82) is 0 Å². The Morgan fingerprint density at radius 2 is 1.68 bits per heavy atom. The lowest BCUT2D eigenvalue weighted by Crippen LogP contribution is -2.50. The monoisotopic (exact) mass is 309 g/mol. The van der Waals surface area contributed by atoms with Crippen molar-refractivity contribution in [2.45, 2.75) is 76.5 Å². The number of piperidine rings is 1. The minimum absolute atomic E-state index is 0.181. The van der Waals surface area contributed by atoms with Gasteiger partial charge in [-0.2, -0.15) is 0 Å². The van der Waals surface area contributed by atoms with Gasteiger partial charge in [0.1, 0.15) is 0 Å². The number of hydrogen-bond donors (Lipinski definition) is 1. The minimum Gasteiger partial charge on any atom is -0.465 e. The van der Waals surface area contributed by atoms with Crippen LogP contribution in [0.4, 0.5) is 9.59 Å². The van der Waals surface area contributed by atoms with E-state index in [1.807, 2.05) is 0 Å². The maximum atomic E-state index is 12.9. The summed E-state index contributed by atoms with van der Waals surface area (Å²) in [5.41, 5.74) is 0. The van der Waals surface area contributed by atoms with Crippen molar-refractivity contribution in [2.75, 3.05) is 13.1 Å². The Morgan fingerprint density at radius 3 is 2.23 bits per heavy atom. The Hall–Kier alpha value is -1.46. The fraction of sp³-hybridized carbons (Fsp3) is 0.875. The molecule has 2 atom stereocenters. The summed E-state index contributed by atoms with van der Waals surface area (Å²) >= 11 is 0. The molecule has 3 amide bonds. The molecule has 0 bridgehead atoms. The van der Waals surface area contributed by atoms with Crippen LogP contribution >= 0.6 is 0 Å². The van der Waals surface area contributed by atoms with E-state index in [0.717, 1.165) is 25.7 Å². The van der Waals surface area contributed by atoms with Crippen LogP contribution in [-0.2, 0) is 0 Å². The van der Waals surface area contributed by atoms with Crippen molar-refractivity contribution in [2.24, 2.45) is 0 Å². The Labute approximate surface area is 132 Å². The lowest BCUT2D eigenvalue weighted by molar-refractivity contribution is 0.0926. The van der Waals surface area contributed by atoms with Crippen molar-refractivity contribution in [3.63, 3.8) is 0 Å². The third-order valence-electron chi connectivity index (χ3n) is 5.54. The molecule has 1 saturated carbocycles. The smallest absolute Gasteiger partial charge is 0.407 e. The van der Waals surface area contributed by atoms with Gasteiger partial charge < -0.3 is 19.8 Å². The molecule has 1 N–H and O–H groups in total. The van der Waals surface area contributed by atoms with Gasteiger partial charge in [-0.05, 0) is 39.5 Å². The zero-order valence-corrected chi connectivity index (χ0v) is 13.6. The highest BCUT2D eigenvalue weighted by molar-refractivity contribution is 5.79. The van der Waals surface area contributed by atoms with Crippen LogP contribution in [0.25, 0.3) is 0 Å². The molecule has 6 heteroatoms. The van der Waals surface area contributed by atoms with E-state index in [-0.39, 0.29) is 18.1 Å². The Balaban J connectivity index is 1.75. The fourth-order valence-electron chi connectivity index (χ4n) is 4.52. The van der Waals surface area contributed by atoms with Gasteiger partial charge in [-0.25, -0.2) is 9.59 Å². The first-order chi connectivity index (χ1) is 10.5. The van der Waals surface area contributed by atoms with E-state index < -0.39 is 6.09 Å². The maximum Gasteiger partial charge on any atom is 0.407 e. The van der Waals surface area contributed by atoms with E-state index in [9.17, 15) is 9.59 Å². The molecule has 0 aromatic heterocycles. The topological polar surface area (TPSA) is 64.1 Å². The molecule has 1 aliphatic carbocycles. The SMILES string of the molecule is CC(C)N1C(=O)N(C2CCN(C(=O)O)CC2)[C@H]2CCCC[C@@H]21. The summed E-state index contributed by atoms with van der Waals surface area (Å²) in [6.07, 6.45) is 5.32. The molecule has 0 unspecified atom stereocenters. The van der Waals surface area contributed by atoms with Crippen LogP contribution in [0, 0.1) is 0 Å². The van der Waals surface area contributed by atoms with E-state index in [1.54, 1.807) is 0 Å². The van der Waals surface area contributed by atoms with Crippen molar-refractivity contribution in [1.82, 2.24) is 14.7 Å². The number of hydrogen-bond acceptors (Lipinski definition) is 2. The summed E-state index contributed by atoms with van der Waals surface area (Å²) < 4.78 is 0. The summed E-state index contributed by atoms with van der Waals surface area (Å²) in [5, 5.41) is 9.08. The van der Waals surface area contributed by atoms with Crippen LogP contribution in [-0.4, -0.2) is 69.2 Å². The summed E-state index contributed by atoms with van der Waals surface area (Å²) in [7, 11) is 0. The highest BCUT2D eigenvalue weighted by atomic mass is 16.4. The van der Waals surface area contributed by atoms with Gasteiger partial charge in [0.15, 0.2) is 0 Å². The van der Waals surface area contributed by atoms with E-state index >= 15 is 0 Å². The van der Waals surface area contributed by atoms with Crippen LogP contribution in [0.5, 0.6) is 0 Å². The Morgan fingerprint density at radius 1 is 1.09 bits per heavy atom. The minimum atomic E-state index is -0.842. The van der Waals surface area contributed by atoms with Crippen LogP contribution in [0.1, 0.15) is 52.4 Å². The normalized spacial score (nSPS) is 30.1. The number of rotatable bonds is 2. The summed E-state index contributed by atoms with van der Waals surface area (Å²) in [4.78, 5) is 29.7. The molecule has 0 radical (unpaired) electrons. The molecule has 124 valence electrons. The first-order valence-electron chi connectivity index (χ1n) is 8.59. The van der Waals surface area contributed by atoms with Crippen LogP contribution < -0.4 is 0 Å². The van der Waals surface area contributed by atoms with E-state index in [4.69, 9.17) is 5.11 Å². The van der Waals surface area contributed by atoms with E-state index in [2.05, 4.69) is 23.6 Å². The molecule has 22 heavy (non-hydrogen) atoms. The Bertz CT molecular complexity index is 446. The highest BCUT2D eigenvalue weighted by Crippen LogP contribution is 2.38. The number of fused-ring (bicyclic) bond motifs is 1. The molecule has 6 nitrogen and oxygen atoms in total. The molecule has 0 aromatic carbocycles. The Kier molecular flexibility index (Phi) is 4.19. The van der Waals surface area contributed by atoms with Gasteiger partial charge in [0.2, 0.25) is 0 Å². The van der Waals surface area contributed by atoms with Crippen molar-refractivity contribution >= 4 is 12.1 Å². The van der Waals surface area contributed by atoms with Gasteiger partial charge in [-0.15, -0.1) is 0 Å². The van der Waals surface area contributed by atoms with Crippen LogP contribution in [0.2, 0.25) is 0 Å². The molecule has 3 aliphatic rings. The summed E-state index contributed by atoms with van der Waals surface area (Å²) in [6.45, 7) is 5.28. The second-order valence-corrected chi connectivity index (χ2v) is 7.11. The van der Waals surface area contributed by atoms with Gasteiger partial charge in [0, 0.05) is 25.2 Å². The second-order valence-electron chi connectivity index (χ2n) is 7.11. The molecule has 0 aromatic rings. The maximum absolute atomic E-state index is 12.9. The first-order valence-corrected chi connectivity index (χ1v) is 8.59. The average molecular weight is 309 g/mol. The zero-order chi connectivity index (χ0) is 15.9. The summed E-state index contributed by atoms with van der Waals surface area (Å²) in [6, 6.07) is 1.32. The quantitative estimate of drug-likeness (QED) is 0.852. The standard InChI is InChI=1S/C16H27N3O3/c1-11(2)18-13-5-3-4-6-14(13)19(15(18)20)12-7-9-17(10-8-12)16(21)22/h11-14H,3-10H2,1-2H3,(H,21,22)/t13-,14-/m0/s1. The van der Waals surface area contributed by atoms with Crippen molar-refractivity contribution < 1.29 is 14.7 Å². The van der Waals surface area contributed by atoms with Gasteiger partial charge in [-0.3, -0.25) is 0 Å². The molecular formula is C16H27N3O3. The van der Waals surface area contributed by atoms with E-state index in [1.165, 1.54) is 17.7 Å². The lowest BCUT2D eigenvalue weighted by Gasteiger charge is -2.39. The predicted octanol–water partition coefficient (Wildman–Crippen LogP) is 2.59. The largest absolute Gasteiger partial charge is 0.465 e. The van der Waals surface area contributed by atoms with Gasteiger partial charge in [0.25, 0.3) is 0 Å². The van der Waals surface area contributed by atoms with Crippen molar-refractivity contribution in [3.05, 3.63) is 0 Å². The molecule has 2 heterocycles. The molecule has 3 fully saturated rings. The number of carbonyl (C=O) groups is 2.